The average Bonchev–Trinajstić information content (AvgIpc) is 2.33. The molecule has 0 aliphatic carbocycles. The summed E-state index contributed by atoms with van der Waals surface area (Å²) in [5, 5.41) is 21.6. The van der Waals surface area contributed by atoms with E-state index in [1.165, 1.54) is 0 Å². The highest BCUT2D eigenvalue weighted by Crippen LogP contribution is 2.24. The van der Waals surface area contributed by atoms with Crippen LogP contribution < -0.4 is 0 Å². The topological polar surface area (TPSA) is 98.5 Å². The van der Waals surface area contributed by atoms with Crippen LogP contribution in [-0.4, -0.2) is 34.8 Å². The number of aliphatic hydroxyl groups excluding tert-OH is 2. The van der Waals surface area contributed by atoms with Crippen LogP contribution in [0.25, 0.3) is 10.4 Å². The van der Waals surface area contributed by atoms with Gasteiger partial charge < -0.3 is 14.9 Å². The van der Waals surface area contributed by atoms with Crippen LogP contribution in [0, 0.1) is 0 Å². The van der Waals surface area contributed by atoms with E-state index < -0.39 is 18.4 Å². The van der Waals surface area contributed by atoms with Gasteiger partial charge in [0.15, 0.2) is 6.29 Å². The molecule has 6 nitrogen and oxygen atoms in total. The van der Waals surface area contributed by atoms with E-state index in [1.807, 2.05) is 6.92 Å². The Hall–Kier alpha value is -0.810. The fourth-order valence-electron chi connectivity index (χ4n) is 1.27. The van der Waals surface area contributed by atoms with Crippen LogP contribution in [0.15, 0.2) is 5.11 Å². The molecule has 12 heavy (non-hydrogen) atoms. The van der Waals surface area contributed by atoms with E-state index in [1.54, 1.807) is 0 Å². The molecule has 4 atom stereocenters. The number of azide groups is 1. The van der Waals surface area contributed by atoms with E-state index in [0.29, 0.717) is 6.42 Å². The van der Waals surface area contributed by atoms with Gasteiger partial charge in [-0.1, -0.05) is 12.0 Å². The van der Waals surface area contributed by atoms with Crippen molar-refractivity contribution >= 4 is 0 Å². The SMILES string of the molecule is CC[C@H]1OC(O)[C@H](O)[C@@H]1N=[N+]=[N-]. The van der Waals surface area contributed by atoms with Gasteiger partial charge >= 0.3 is 0 Å². The summed E-state index contributed by atoms with van der Waals surface area (Å²) in [4.78, 5) is 2.57. The second kappa shape index (κ2) is 3.73. The highest BCUT2D eigenvalue weighted by Gasteiger charge is 2.41. The van der Waals surface area contributed by atoms with E-state index in [9.17, 15) is 5.11 Å². The lowest BCUT2D eigenvalue weighted by Gasteiger charge is -2.11. The Morgan fingerprint density at radius 3 is 2.75 bits per heavy atom. The van der Waals surface area contributed by atoms with Crippen LogP contribution in [-0.2, 0) is 4.74 Å². The summed E-state index contributed by atoms with van der Waals surface area (Å²) in [6.45, 7) is 1.83. The van der Waals surface area contributed by atoms with Crippen molar-refractivity contribution in [3.63, 3.8) is 0 Å². The molecule has 6 heteroatoms. The third-order valence-corrected chi connectivity index (χ3v) is 1.92. The number of ether oxygens (including phenoxy) is 1. The van der Waals surface area contributed by atoms with Gasteiger partial charge in [0, 0.05) is 4.91 Å². The molecular weight excluding hydrogens is 162 g/mol. The molecule has 1 heterocycles. The second-order valence-corrected chi connectivity index (χ2v) is 2.66. The maximum Gasteiger partial charge on any atom is 0.181 e. The molecule has 0 aromatic heterocycles. The molecule has 0 spiro atoms. The van der Waals surface area contributed by atoms with E-state index in [0.717, 1.165) is 0 Å². The van der Waals surface area contributed by atoms with Gasteiger partial charge in [0.25, 0.3) is 0 Å². The molecule has 1 aliphatic rings. The number of hydrogen-bond donors (Lipinski definition) is 2. The lowest BCUT2D eigenvalue weighted by molar-refractivity contribution is -0.127. The third kappa shape index (κ3) is 1.51. The standard InChI is InChI=1S/C6H11N3O3/c1-2-3-4(8-9-7)5(10)6(11)12-3/h3-6,10-11H,2H2,1H3/t3-,4-,5-,6?/m1/s1. The molecule has 0 aromatic rings. The van der Waals surface area contributed by atoms with Crippen molar-refractivity contribution in [1.82, 2.24) is 0 Å². The van der Waals surface area contributed by atoms with Crippen LogP contribution in [0.5, 0.6) is 0 Å². The Labute approximate surface area is 69.4 Å². The van der Waals surface area contributed by atoms with Crippen molar-refractivity contribution in [2.24, 2.45) is 5.11 Å². The van der Waals surface area contributed by atoms with Gasteiger partial charge in [-0.05, 0) is 12.0 Å². The monoisotopic (exact) mass is 173 g/mol. The summed E-state index contributed by atoms with van der Waals surface area (Å²) < 4.78 is 4.93. The molecule has 1 fully saturated rings. The fraction of sp³-hybridized carbons (Fsp3) is 1.00. The zero-order valence-electron chi connectivity index (χ0n) is 6.66. The summed E-state index contributed by atoms with van der Waals surface area (Å²) in [6.07, 6.45) is -2.13. The molecule has 0 saturated carbocycles. The summed E-state index contributed by atoms with van der Waals surface area (Å²) in [5.41, 5.74) is 8.15. The Morgan fingerprint density at radius 1 is 1.58 bits per heavy atom. The van der Waals surface area contributed by atoms with Crippen molar-refractivity contribution in [2.75, 3.05) is 0 Å². The largest absolute Gasteiger partial charge is 0.387 e. The maximum absolute atomic E-state index is 9.25. The predicted octanol–water partition coefficient (Wildman–Crippen LogP) is 0.153. The summed E-state index contributed by atoms with van der Waals surface area (Å²) in [6, 6.07) is -0.671. The first kappa shape index (κ1) is 9.28. The van der Waals surface area contributed by atoms with Crippen molar-refractivity contribution in [3.05, 3.63) is 10.4 Å². The Balaban J connectivity index is 2.72. The molecule has 1 unspecified atom stereocenters. The van der Waals surface area contributed by atoms with E-state index in [4.69, 9.17) is 15.4 Å². The van der Waals surface area contributed by atoms with Crippen LogP contribution in [0.4, 0.5) is 0 Å². The zero-order valence-corrected chi connectivity index (χ0v) is 6.66. The third-order valence-electron chi connectivity index (χ3n) is 1.92. The van der Waals surface area contributed by atoms with Gasteiger partial charge in [-0.15, -0.1) is 0 Å². The highest BCUT2D eigenvalue weighted by atomic mass is 16.6. The number of nitrogens with zero attached hydrogens (tertiary/aromatic N) is 3. The molecule has 1 saturated heterocycles. The minimum Gasteiger partial charge on any atom is -0.387 e. The minimum atomic E-state index is -1.23. The highest BCUT2D eigenvalue weighted by molar-refractivity contribution is 4.91. The van der Waals surface area contributed by atoms with Crippen LogP contribution in [0.3, 0.4) is 0 Å². The van der Waals surface area contributed by atoms with Crippen molar-refractivity contribution in [2.45, 2.75) is 37.9 Å². The normalized spacial score (nSPS) is 40.9. The second-order valence-electron chi connectivity index (χ2n) is 2.66. The summed E-state index contributed by atoms with van der Waals surface area (Å²) in [7, 11) is 0. The lowest BCUT2D eigenvalue weighted by atomic mass is 10.1. The number of aliphatic hydroxyl groups is 2. The van der Waals surface area contributed by atoms with Crippen LogP contribution >= 0.6 is 0 Å². The Morgan fingerprint density at radius 2 is 2.25 bits per heavy atom. The zero-order chi connectivity index (χ0) is 9.14. The van der Waals surface area contributed by atoms with E-state index in [-0.39, 0.29) is 6.10 Å². The molecule has 2 N–H and O–H groups in total. The Kier molecular flexibility index (Phi) is 2.88. The van der Waals surface area contributed by atoms with Crippen LogP contribution in [0.1, 0.15) is 13.3 Å². The molecule has 1 rings (SSSR count). The summed E-state index contributed by atoms with van der Waals surface area (Å²) in [5.74, 6) is 0. The van der Waals surface area contributed by atoms with Gasteiger partial charge in [-0.25, -0.2) is 0 Å². The lowest BCUT2D eigenvalue weighted by Crippen LogP contribution is -2.30. The Bertz CT molecular complexity index is 204. The smallest absolute Gasteiger partial charge is 0.181 e. The molecule has 68 valence electrons. The fourth-order valence-corrected chi connectivity index (χ4v) is 1.27. The number of rotatable bonds is 2. The quantitative estimate of drug-likeness (QED) is 0.353. The van der Waals surface area contributed by atoms with E-state index >= 15 is 0 Å². The minimum absolute atomic E-state index is 0.383. The average molecular weight is 173 g/mol. The van der Waals surface area contributed by atoms with Gasteiger partial charge in [-0.2, -0.15) is 0 Å². The van der Waals surface area contributed by atoms with Crippen molar-refractivity contribution in [1.29, 1.82) is 0 Å². The van der Waals surface area contributed by atoms with Gasteiger partial charge in [0.05, 0.1) is 12.1 Å². The molecule has 0 aromatic carbocycles. The summed E-state index contributed by atoms with van der Waals surface area (Å²) >= 11 is 0. The number of hydrogen-bond acceptors (Lipinski definition) is 4. The van der Waals surface area contributed by atoms with E-state index in [2.05, 4.69) is 10.0 Å². The van der Waals surface area contributed by atoms with Gasteiger partial charge in [0.1, 0.15) is 6.10 Å². The van der Waals surface area contributed by atoms with Crippen LogP contribution in [0.2, 0.25) is 0 Å². The molecule has 1 aliphatic heterocycles. The van der Waals surface area contributed by atoms with Crippen molar-refractivity contribution in [3.8, 4) is 0 Å². The van der Waals surface area contributed by atoms with Crippen molar-refractivity contribution < 1.29 is 14.9 Å². The van der Waals surface area contributed by atoms with Gasteiger partial charge in [0.2, 0.25) is 0 Å². The molecular formula is C6H11N3O3. The molecule has 0 bridgehead atoms. The molecule has 0 radical (unpaired) electrons. The van der Waals surface area contributed by atoms with Gasteiger partial charge in [-0.3, -0.25) is 0 Å². The first-order chi connectivity index (χ1) is 5.70. The maximum atomic E-state index is 9.25. The predicted molar refractivity (Wildman–Crippen MR) is 40.1 cm³/mol. The first-order valence-electron chi connectivity index (χ1n) is 3.76. The molecule has 0 amide bonds. The first-order valence-corrected chi connectivity index (χ1v) is 3.76.